The van der Waals surface area contributed by atoms with Crippen molar-refractivity contribution >= 4 is 11.8 Å². The van der Waals surface area contributed by atoms with Gasteiger partial charge in [-0.3, -0.25) is 4.79 Å². The van der Waals surface area contributed by atoms with Crippen LogP contribution in [0.15, 0.2) is 60.9 Å². The molecule has 3 rings (SSSR count). The maximum Gasteiger partial charge on any atom is 0.341 e. The quantitative estimate of drug-likeness (QED) is 0.503. The summed E-state index contributed by atoms with van der Waals surface area (Å²) in [6.45, 7) is -0.533. The number of para-hydroxylation sites is 1. The summed E-state index contributed by atoms with van der Waals surface area (Å²) in [6.07, 6.45) is 2.85. The third kappa shape index (κ3) is 3.77. The first-order chi connectivity index (χ1) is 12.6. The minimum Gasteiger partial charge on any atom is -0.496 e. The molecule has 132 valence electrons. The summed E-state index contributed by atoms with van der Waals surface area (Å²) in [5.74, 6) is -1.63. The molecule has 6 nitrogen and oxygen atoms in total. The minimum atomic E-state index is -0.698. The largest absolute Gasteiger partial charge is 0.496 e. The number of Topliss-reactive ketones (excluding diaryl/α,β-unsaturated/α-hetero) is 1. The smallest absolute Gasteiger partial charge is 0.341 e. The van der Waals surface area contributed by atoms with Crippen LogP contribution in [0.25, 0.3) is 5.69 Å². The van der Waals surface area contributed by atoms with Crippen LogP contribution in [0.3, 0.4) is 0 Å². The van der Waals surface area contributed by atoms with Gasteiger partial charge in [-0.1, -0.05) is 18.2 Å². The van der Waals surface area contributed by atoms with E-state index in [4.69, 9.17) is 9.47 Å². The van der Waals surface area contributed by atoms with Gasteiger partial charge in [-0.2, -0.15) is 5.10 Å². The van der Waals surface area contributed by atoms with Crippen LogP contribution in [-0.2, 0) is 4.74 Å². The molecule has 26 heavy (non-hydrogen) atoms. The summed E-state index contributed by atoms with van der Waals surface area (Å²) in [7, 11) is 1.37. The zero-order valence-corrected chi connectivity index (χ0v) is 13.9. The molecule has 0 radical (unpaired) electrons. The lowest BCUT2D eigenvalue weighted by molar-refractivity contribution is 0.0474. The Bertz CT molecular complexity index is 938. The Morgan fingerprint density at radius 1 is 1.15 bits per heavy atom. The van der Waals surface area contributed by atoms with Gasteiger partial charge in [0.15, 0.2) is 6.61 Å². The molecule has 0 aliphatic heterocycles. The molecule has 1 heterocycles. The molecule has 0 spiro atoms. The molecule has 7 heteroatoms. The molecule has 0 atom stereocenters. The number of methoxy groups -OCH3 is 1. The first-order valence-electron chi connectivity index (χ1n) is 7.72. The highest BCUT2D eigenvalue weighted by Crippen LogP contribution is 2.20. The van der Waals surface area contributed by atoms with Gasteiger partial charge in [0.2, 0.25) is 5.78 Å². The molecule has 0 unspecified atom stereocenters. The Balaban J connectivity index is 1.67. The number of aromatic nitrogens is 2. The van der Waals surface area contributed by atoms with Crippen molar-refractivity contribution in [2.24, 2.45) is 0 Å². The molecule has 0 saturated carbocycles. The van der Waals surface area contributed by atoms with Crippen LogP contribution in [0, 0.1) is 5.82 Å². The van der Waals surface area contributed by atoms with E-state index in [1.807, 2.05) is 30.3 Å². The number of halogens is 1. The van der Waals surface area contributed by atoms with Crippen molar-refractivity contribution in [3.8, 4) is 11.4 Å². The molecule has 1 aromatic heterocycles. The van der Waals surface area contributed by atoms with Crippen LogP contribution in [0.5, 0.6) is 5.75 Å². The maximum atomic E-state index is 13.3. The van der Waals surface area contributed by atoms with Gasteiger partial charge in [-0.15, -0.1) is 0 Å². The number of carbonyl (C=O) groups is 2. The number of carbonyl (C=O) groups excluding carboxylic acids is 2. The molecule has 0 N–H and O–H groups in total. The molecule has 0 fully saturated rings. The predicted octanol–water partition coefficient (Wildman–Crippen LogP) is 3.06. The van der Waals surface area contributed by atoms with E-state index in [0.29, 0.717) is 0 Å². The van der Waals surface area contributed by atoms with Crippen LogP contribution in [-0.4, -0.2) is 35.2 Å². The lowest BCUT2D eigenvalue weighted by atomic mass is 10.1. The van der Waals surface area contributed by atoms with Gasteiger partial charge in [0.05, 0.1) is 30.1 Å². The summed E-state index contributed by atoms with van der Waals surface area (Å²) in [4.78, 5) is 24.3. The number of benzene rings is 2. The normalized spacial score (nSPS) is 10.4. The molecule has 0 aliphatic carbocycles. The Morgan fingerprint density at radius 3 is 2.65 bits per heavy atom. The maximum absolute atomic E-state index is 13.3. The fraction of sp³-hybridized carbons (Fsp3) is 0.105. The Morgan fingerprint density at radius 2 is 1.92 bits per heavy atom. The monoisotopic (exact) mass is 354 g/mol. The van der Waals surface area contributed by atoms with Crippen molar-refractivity contribution in [1.82, 2.24) is 9.78 Å². The van der Waals surface area contributed by atoms with E-state index in [9.17, 15) is 14.0 Å². The van der Waals surface area contributed by atoms with Gasteiger partial charge in [0.25, 0.3) is 0 Å². The van der Waals surface area contributed by atoms with Crippen molar-refractivity contribution in [2.75, 3.05) is 13.7 Å². The van der Waals surface area contributed by atoms with Gasteiger partial charge < -0.3 is 9.47 Å². The van der Waals surface area contributed by atoms with E-state index >= 15 is 0 Å². The molecule has 0 bridgehead atoms. The topological polar surface area (TPSA) is 70.4 Å². The second kappa shape index (κ2) is 7.60. The number of nitrogens with zero attached hydrogens (tertiary/aromatic N) is 2. The van der Waals surface area contributed by atoms with Crippen molar-refractivity contribution < 1.29 is 23.5 Å². The average molecular weight is 354 g/mol. The number of ketones is 1. The number of esters is 1. The summed E-state index contributed by atoms with van der Waals surface area (Å²) < 4.78 is 24.9. The van der Waals surface area contributed by atoms with E-state index in [1.54, 1.807) is 0 Å². The van der Waals surface area contributed by atoms with Crippen molar-refractivity contribution in [3.63, 3.8) is 0 Å². The fourth-order valence-electron chi connectivity index (χ4n) is 2.34. The van der Waals surface area contributed by atoms with Crippen molar-refractivity contribution in [1.29, 1.82) is 0 Å². The second-order valence-electron chi connectivity index (χ2n) is 5.35. The van der Waals surface area contributed by atoms with Crippen LogP contribution in [0.4, 0.5) is 4.39 Å². The first-order valence-corrected chi connectivity index (χ1v) is 7.72. The van der Waals surface area contributed by atoms with E-state index in [-0.39, 0.29) is 16.9 Å². The lowest BCUT2D eigenvalue weighted by Gasteiger charge is -2.08. The number of hydrogen-bond acceptors (Lipinski definition) is 5. The molecule has 2 aromatic carbocycles. The second-order valence-corrected chi connectivity index (χ2v) is 5.35. The third-order valence-corrected chi connectivity index (χ3v) is 3.64. The molecule has 0 saturated heterocycles. The third-order valence-electron chi connectivity index (χ3n) is 3.64. The zero-order valence-electron chi connectivity index (χ0n) is 13.9. The van der Waals surface area contributed by atoms with E-state index in [1.165, 1.54) is 36.3 Å². The molecular formula is C19H15FN2O4. The Labute approximate surface area is 148 Å². The minimum absolute atomic E-state index is 0.0141. The average Bonchev–Trinajstić information content (AvgIpc) is 3.17. The van der Waals surface area contributed by atoms with Gasteiger partial charge in [0, 0.05) is 6.20 Å². The van der Waals surface area contributed by atoms with E-state index in [2.05, 4.69) is 5.10 Å². The molecule has 0 amide bonds. The zero-order chi connectivity index (χ0) is 18.5. The van der Waals surface area contributed by atoms with Gasteiger partial charge >= 0.3 is 5.97 Å². The number of hydrogen-bond donors (Lipinski definition) is 0. The standard InChI is InChI=1S/C19H15FN2O4/c1-25-18-8-7-14(20)9-16(18)17(23)12-26-19(24)13-10-21-22(11-13)15-5-3-2-4-6-15/h2-11H,12H2,1H3. The van der Waals surface area contributed by atoms with Crippen LogP contribution < -0.4 is 4.74 Å². The van der Waals surface area contributed by atoms with E-state index < -0.39 is 24.2 Å². The highest BCUT2D eigenvalue weighted by atomic mass is 19.1. The SMILES string of the molecule is COc1ccc(F)cc1C(=O)COC(=O)c1cnn(-c2ccccc2)c1. The van der Waals surface area contributed by atoms with Gasteiger partial charge in [0.1, 0.15) is 11.6 Å². The highest BCUT2D eigenvalue weighted by Gasteiger charge is 2.17. The first kappa shape index (κ1) is 17.3. The summed E-state index contributed by atoms with van der Waals surface area (Å²) in [6, 6.07) is 12.8. The molecule has 0 aliphatic rings. The van der Waals surface area contributed by atoms with Crippen molar-refractivity contribution in [3.05, 3.63) is 77.9 Å². The number of ether oxygens (including phenoxy) is 2. The Kier molecular flexibility index (Phi) is 5.07. The highest BCUT2D eigenvalue weighted by molar-refractivity contribution is 6.01. The lowest BCUT2D eigenvalue weighted by Crippen LogP contribution is -2.15. The summed E-state index contributed by atoms with van der Waals surface area (Å²) in [5.41, 5.74) is 1.00. The van der Waals surface area contributed by atoms with Crippen molar-refractivity contribution in [2.45, 2.75) is 0 Å². The summed E-state index contributed by atoms with van der Waals surface area (Å²) >= 11 is 0. The van der Waals surface area contributed by atoms with Crippen LogP contribution in [0.2, 0.25) is 0 Å². The number of rotatable bonds is 6. The van der Waals surface area contributed by atoms with Crippen LogP contribution >= 0.6 is 0 Å². The molecule has 3 aromatic rings. The molecular weight excluding hydrogens is 339 g/mol. The predicted molar refractivity (Wildman–Crippen MR) is 91.1 cm³/mol. The Hall–Kier alpha value is -3.48. The van der Waals surface area contributed by atoms with Gasteiger partial charge in [-0.25, -0.2) is 13.9 Å². The van der Waals surface area contributed by atoms with E-state index in [0.717, 1.165) is 11.8 Å². The van der Waals surface area contributed by atoms with Gasteiger partial charge in [-0.05, 0) is 30.3 Å². The van der Waals surface area contributed by atoms with Crippen LogP contribution in [0.1, 0.15) is 20.7 Å². The summed E-state index contributed by atoms with van der Waals surface area (Å²) in [5, 5.41) is 4.09. The fourth-order valence-corrected chi connectivity index (χ4v) is 2.34.